The summed E-state index contributed by atoms with van der Waals surface area (Å²) in [5.74, 6) is -1.04. The Morgan fingerprint density at radius 2 is 1.39 bits per heavy atom. The molecular formula is C24H20N2O5. The van der Waals surface area contributed by atoms with Gasteiger partial charge < -0.3 is 14.8 Å². The van der Waals surface area contributed by atoms with E-state index in [9.17, 15) is 14.4 Å². The molecule has 31 heavy (non-hydrogen) atoms. The average Bonchev–Trinajstić information content (AvgIpc) is 2.81. The van der Waals surface area contributed by atoms with E-state index in [1.165, 1.54) is 7.05 Å². The van der Waals surface area contributed by atoms with Crippen molar-refractivity contribution in [2.24, 2.45) is 0 Å². The molecule has 3 aromatic rings. The molecule has 4 rings (SSSR count). The number of para-hydroxylation sites is 2. The van der Waals surface area contributed by atoms with Crippen LogP contribution >= 0.6 is 0 Å². The quantitative estimate of drug-likeness (QED) is 0.633. The Balaban J connectivity index is 1.69. The van der Waals surface area contributed by atoms with E-state index in [2.05, 4.69) is 10.6 Å². The second kappa shape index (κ2) is 8.71. The lowest BCUT2D eigenvalue weighted by Crippen LogP contribution is -2.41. The van der Waals surface area contributed by atoms with E-state index in [1.54, 1.807) is 54.6 Å². The fraction of sp³-hybridized carbons (Fsp3) is 0.125. The zero-order valence-electron chi connectivity index (χ0n) is 16.7. The van der Waals surface area contributed by atoms with Crippen molar-refractivity contribution in [2.75, 3.05) is 7.05 Å². The third kappa shape index (κ3) is 4.11. The molecule has 0 aromatic heterocycles. The van der Waals surface area contributed by atoms with E-state index in [1.807, 2.05) is 24.3 Å². The highest BCUT2D eigenvalue weighted by atomic mass is 16.5. The Hall–Kier alpha value is -4.13. The molecule has 0 saturated carbocycles. The Kier molecular flexibility index (Phi) is 5.66. The van der Waals surface area contributed by atoms with Crippen LogP contribution in [0.4, 0.5) is 4.79 Å². The molecule has 1 aliphatic heterocycles. The number of rotatable bonds is 4. The first kappa shape index (κ1) is 20.2. The zero-order valence-corrected chi connectivity index (χ0v) is 16.7. The van der Waals surface area contributed by atoms with Gasteiger partial charge in [-0.15, -0.1) is 0 Å². The maximum atomic E-state index is 13.4. The molecule has 0 aliphatic carbocycles. The Morgan fingerprint density at radius 3 is 1.97 bits per heavy atom. The molecule has 2 N–H and O–H groups in total. The summed E-state index contributed by atoms with van der Waals surface area (Å²) in [6, 6.07) is 22.2. The minimum Gasteiger partial charge on any atom is -0.457 e. The number of nitrogens with one attached hydrogen (secondary N) is 2. The van der Waals surface area contributed by atoms with Crippen LogP contribution in [-0.2, 0) is 14.3 Å². The van der Waals surface area contributed by atoms with E-state index in [0.29, 0.717) is 28.2 Å². The van der Waals surface area contributed by atoms with E-state index >= 15 is 0 Å². The van der Waals surface area contributed by atoms with Crippen molar-refractivity contribution in [1.29, 1.82) is 0 Å². The molecular weight excluding hydrogens is 396 g/mol. The van der Waals surface area contributed by atoms with Gasteiger partial charge in [0, 0.05) is 23.7 Å². The molecule has 0 spiro atoms. The molecule has 0 radical (unpaired) electrons. The van der Waals surface area contributed by atoms with Crippen LogP contribution in [0.25, 0.3) is 0 Å². The van der Waals surface area contributed by atoms with Crippen molar-refractivity contribution in [1.82, 2.24) is 10.6 Å². The number of carbonyl (C=O) groups excluding carboxylic acids is 3. The number of hydrogen-bond donors (Lipinski definition) is 2. The number of benzene rings is 3. The highest BCUT2D eigenvalue weighted by Gasteiger charge is 2.36. The predicted octanol–water partition coefficient (Wildman–Crippen LogP) is 3.66. The maximum Gasteiger partial charge on any atom is 0.321 e. The van der Waals surface area contributed by atoms with Crippen molar-refractivity contribution >= 4 is 17.9 Å². The predicted molar refractivity (Wildman–Crippen MR) is 113 cm³/mol. The SMILES string of the molecule is CNC(=O)NC(=O)[C@H](OC(=O)C1c2ccccc2Oc2ccccc21)c1ccccc1. The highest BCUT2D eigenvalue weighted by Crippen LogP contribution is 2.44. The van der Waals surface area contributed by atoms with Gasteiger partial charge in [-0.05, 0) is 12.1 Å². The van der Waals surface area contributed by atoms with Crippen LogP contribution in [0, 0.1) is 0 Å². The number of carbonyl (C=O) groups is 3. The van der Waals surface area contributed by atoms with Crippen LogP contribution in [0.1, 0.15) is 28.7 Å². The summed E-state index contributed by atoms with van der Waals surface area (Å²) in [5, 5.41) is 4.50. The first-order valence-corrected chi connectivity index (χ1v) is 9.72. The fourth-order valence-electron chi connectivity index (χ4n) is 3.49. The molecule has 1 aliphatic rings. The number of hydrogen-bond acceptors (Lipinski definition) is 5. The number of esters is 1. The van der Waals surface area contributed by atoms with Gasteiger partial charge in [0.05, 0.1) is 0 Å². The van der Waals surface area contributed by atoms with Crippen LogP contribution in [0.15, 0.2) is 78.9 Å². The number of fused-ring (bicyclic) bond motifs is 2. The molecule has 3 amide bonds. The van der Waals surface area contributed by atoms with Crippen molar-refractivity contribution < 1.29 is 23.9 Å². The van der Waals surface area contributed by atoms with Gasteiger partial charge >= 0.3 is 12.0 Å². The molecule has 0 unspecified atom stereocenters. The molecule has 0 fully saturated rings. The molecule has 156 valence electrons. The van der Waals surface area contributed by atoms with Gasteiger partial charge in [0.25, 0.3) is 5.91 Å². The normalized spacial score (nSPS) is 13.1. The van der Waals surface area contributed by atoms with Crippen LogP contribution in [0.2, 0.25) is 0 Å². The lowest BCUT2D eigenvalue weighted by molar-refractivity contribution is -0.156. The van der Waals surface area contributed by atoms with Crippen LogP contribution in [0.5, 0.6) is 11.5 Å². The van der Waals surface area contributed by atoms with Crippen LogP contribution < -0.4 is 15.4 Å². The highest BCUT2D eigenvalue weighted by molar-refractivity contribution is 5.98. The van der Waals surface area contributed by atoms with E-state index < -0.39 is 29.9 Å². The monoisotopic (exact) mass is 416 g/mol. The summed E-state index contributed by atoms with van der Waals surface area (Å²) < 4.78 is 11.6. The largest absolute Gasteiger partial charge is 0.457 e. The maximum absolute atomic E-state index is 13.4. The van der Waals surface area contributed by atoms with Crippen molar-refractivity contribution in [3.05, 3.63) is 95.6 Å². The van der Waals surface area contributed by atoms with Gasteiger partial charge in [-0.2, -0.15) is 0 Å². The molecule has 1 atom stereocenters. The van der Waals surface area contributed by atoms with Gasteiger partial charge in [-0.3, -0.25) is 14.9 Å². The summed E-state index contributed by atoms with van der Waals surface area (Å²) in [5.41, 5.74) is 1.74. The third-order valence-corrected chi connectivity index (χ3v) is 4.95. The zero-order chi connectivity index (χ0) is 21.8. The summed E-state index contributed by atoms with van der Waals surface area (Å²) in [7, 11) is 1.39. The second-order valence-corrected chi connectivity index (χ2v) is 6.91. The lowest BCUT2D eigenvalue weighted by Gasteiger charge is -2.28. The number of amides is 3. The van der Waals surface area contributed by atoms with Crippen molar-refractivity contribution in [3.8, 4) is 11.5 Å². The smallest absolute Gasteiger partial charge is 0.321 e. The summed E-state index contributed by atoms with van der Waals surface area (Å²) in [4.78, 5) is 37.8. The number of urea groups is 1. The molecule has 1 heterocycles. The molecule has 0 bridgehead atoms. The summed E-state index contributed by atoms with van der Waals surface area (Å²) in [6.45, 7) is 0. The van der Waals surface area contributed by atoms with E-state index in [0.717, 1.165) is 0 Å². The van der Waals surface area contributed by atoms with Crippen LogP contribution in [0.3, 0.4) is 0 Å². The fourth-order valence-corrected chi connectivity index (χ4v) is 3.49. The first-order chi connectivity index (χ1) is 15.1. The van der Waals surface area contributed by atoms with Gasteiger partial charge in [0.15, 0.2) is 0 Å². The lowest BCUT2D eigenvalue weighted by atomic mass is 9.88. The van der Waals surface area contributed by atoms with Crippen molar-refractivity contribution in [2.45, 2.75) is 12.0 Å². The summed E-state index contributed by atoms with van der Waals surface area (Å²) in [6.07, 6.45) is -1.30. The minimum absolute atomic E-state index is 0.450. The third-order valence-electron chi connectivity index (χ3n) is 4.95. The second-order valence-electron chi connectivity index (χ2n) is 6.91. The topological polar surface area (TPSA) is 93.7 Å². The van der Waals surface area contributed by atoms with Gasteiger partial charge in [0.1, 0.15) is 17.4 Å². The molecule has 7 heteroatoms. The van der Waals surface area contributed by atoms with E-state index in [4.69, 9.17) is 9.47 Å². The Morgan fingerprint density at radius 1 is 0.839 bits per heavy atom. The van der Waals surface area contributed by atoms with Crippen LogP contribution in [-0.4, -0.2) is 25.0 Å². The average molecular weight is 416 g/mol. The Labute approximate surface area is 179 Å². The Bertz CT molecular complexity index is 1080. The minimum atomic E-state index is -1.30. The molecule has 0 saturated heterocycles. The van der Waals surface area contributed by atoms with Gasteiger partial charge in [-0.25, -0.2) is 4.79 Å². The molecule has 7 nitrogen and oxygen atoms in total. The van der Waals surface area contributed by atoms with Gasteiger partial charge in [0.2, 0.25) is 6.10 Å². The van der Waals surface area contributed by atoms with E-state index in [-0.39, 0.29) is 0 Å². The van der Waals surface area contributed by atoms with Crippen molar-refractivity contribution in [3.63, 3.8) is 0 Å². The summed E-state index contributed by atoms with van der Waals surface area (Å²) >= 11 is 0. The molecule has 3 aromatic carbocycles. The standard InChI is InChI=1S/C24H20N2O5/c1-25-24(29)26-22(27)21(15-9-3-2-4-10-15)31-23(28)20-16-11-5-7-13-18(16)30-19-14-8-6-12-17(19)20/h2-14,20-21H,1H3,(H2,25,26,27,29)/t21-/m1/s1. The number of ether oxygens (including phenoxy) is 2. The first-order valence-electron chi connectivity index (χ1n) is 9.72. The van der Waals surface area contributed by atoms with Gasteiger partial charge in [-0.1, -0.05) is 66.7 Å². The number of imide groups is 1.